The van der Waals surface area contributed by atoms with Gasteiger partial charge in [-0.3, -0.25) is 5.32 Å². The van der Waals surface area contributed by atoms with Crippen LogP contribution in [0.1, 0.15) is 5.56 Å². The smallest absolute Gasteiger partial charge is 0.214 e. The molecule has 2 N–H and O–H groups in total. The number of nitrogens with one attached hydrogen (secondary N) is 1. The van der Waals surface area contributed by atoms with E-state index in [1.807, 2.05) is 42.5 Å². The predicted molar refractivity (Wildman–Crippen MR) is 105 cm³/mol. The highest BCUT2D eigenvalue weighted by molar-refractivity contribution is 9.11. The second kappa shape index (κ2) is 8.23. The molecule has 0 aliphatic heterocycles. The van der Waals surface area contributed by atoms with Gasteiger partial charge in [0.05, 0.1) is 5.02 Å². The molecule has 0 bridgehead atoms. The number of hydrogen-bond acceptors (Lipinski definition) is 3. The lowest BCUT2D eigenvalue weighted by Gasteiger charge is -2.30. The molecule has 7 heteroatoms. The number of rotatable bonds is 5. The monoisotopic (exact) mass is 457 g/mol. The summed E-state index contributed by atoms with van der Waals surface area (Å²) < 4.78 is 28.9. The lowest BCUT2D eigenvalue weighted by atomic mass is 10.0. The van der Waals surface area contributed by atoms with Crippen molar-refractivity contribution in [2.24, 2.45) is 0 Å². The average molecular weight is 459 g/mol. The fraction of sp³-hybridized carbons (Fsp3) is 0.158. The van der Waals surface area contributed by atoms with Crippen molar-refractivity contribution in [1.29, 1.82) is 0 Å². The Hall–Kier alpha value is -1.18. The summed E-state index contributed by atoms with van der Waals surface area (Å²) >= 11 is 10.7. The van der Waals surface area contributed by atoms with Crippen molar-refractivity contribution in [2.45, 2.75) is 28.2 Å². The second-order valence-corrected chi connectivity index (χ2v) is 8.13. The van der Waals surface area contributed by atoms with Crippen molar-refractivity contribution in [3.63, 3.8) is 0 Å². The molecule has 2 aromatic rings. The topological polar surface area (TPSA) is 32.3 Å². The van der Waals surface area contributed by atoms with E-state index in [1.165, 1.54) is 11.8 Å². The molecule has 1 aliphatic carbocycles. The zero-order valence-electron chi connectivity index (χ0n) is 13.4. The van der Waals surface area contributed by atoms with Crippen LogP contribution in [0.2, 0.25) is 5.02 Å². The maximum absolute atomic E-state index is 15.0. The van der Waals surface area contributed by atoms with E-state index in [0.29, 0.717) is 5.02 Å². The minimum Gasteiger partial charge on any atom is -0.381 e. The van der Waals surface area contributed by atoms with Crippen LogP contribution in [0.4, 0.5) is 8.78 Å². The predicted octanol–water partition coefficient (Wildman–Crippen LogP) is 5.75. The van der Waals surface area contributed by atoms with Crippen LogP contribution in [0.3, 0.4) is 0 Å². The normalized spacial score (nSPS) is 22.7. The van der Waals surface area contributed by atoms with Gasteiger partial charge in [-0.1, -0.05) is 69.6 Å². The van der Waals surface area contributed by atoms with Crippen molar-refractivity contribution in [2.75, 3.05) is 0 Å². The number of alkyl halides is 1. The van der Waals surface area contributed by atoms with E-state index in [1.54, 1.807) is 6.07 Å². The Balaban J connectivity index is 1.79. The molecular formula is C19H15BrClF2NOS. The van der Waals surface area contributed by atoms with Gasteiger partial charge in [-0.05, 0) is 35.9 Å². The molecule has 2 unspecified atom stereocenters. The third-order valence-corrected chi connectivity index (χ3v) is 5.96. The molecule has 0 amide bonds. The highest BCUT2D eigenvalue weighted by atomic mass is 79.9. The molecule has 26 heavy (non-hydrogen) atoms. The molecule has 0 heterocycles. The van der Waals surface area contributed by atoms with Crippen LogP contribution < -0.4 is 5.32 Å². The van der Waals surface area contributed by atoms with Gasteiger partial charge in [-0.2, -0.15) is 0 Å². The Morgan fingerprint density at radius 2 is 1.81 bits per heavy atom. The summed E-state index contributed by atoms with van der Waals surface area (Å²) in [7, 11) is 0. The summed E-state index contributed by atoms with van der Waals surface area (Å²) in [6.07, 6.45) is 0.267. The lowest BCUT2D eigenvalue weighted by Crippen LogP contribution is -2.50. The van der Waals surface area contributed by atoms with Crippen LogP contribution in [-0.2, 0) is 6.54 Å². The quantitative estimate of drug-likeness (QED) is 0.559. The van der Waals surface area contributed by atoms with Gasteiger partial charge in [0.25, 0.3) is 0 Å². The van der Waals surface area contributed by atoms with Gasteiger partial charge in [0.2, 0.25) is 5.79 Å². The summed E-state index contributed by atoms with van der Waals surface area (Å²) in [5, 5.41) is 13.1. The molecule has 0 saturated heterocycles. The minimum atomic E-state index is -2.40. The van der Waals surface area contributed by atoms with Gasteiger partial charge in [0.15, 0.2) is 6.10 Å². The standard InChI is InChI=1S/C19H15BrClF2NOS/c20-13-9-15(22)18(25)19(23,10-13)24-11-12-5-1-3-7-16(12)26-17-8-4-2-6-14(17)21/h1-10,18,24-25H,11H2. The first-order chi connectivity index (χ1) is 12.4. The van der Waals surface area contributed by atoms with Crippen molar-refractivity contribution >= 4 is 39.3 Å². The van der Waals surface area contributed by atoms with E-state index in [4.69, 9.17) is 11.6 Å². The molecule has 1 aliphatic rings. The Kier molecular flexibility index (Phi) is 6.20. The van der Waals surface area contributed by atoms with Gasteiger partial charge < -0.3 is 5.11 Å². The van der Waals surface area contributed by atoms with Crippen molar-refractivity contribution in [3.8, 4) is 0 Å². The number of aliphatic hydroxyl groups excluding tert-OH is 1. The van der Waals surface area contributed by atoms with Crippen LogP contribution in [0.25, 0.3) is 0 Å². The third-order valence-electron chi connectivity index (χ3n) is 3.86. The van der Waals surface area contributed by atoms with Gasteiger partial charge >= 0.3 is 0 Å². The Bertz CT molecular complexity index is 876. The summed E-state index contributed by atoms with van der Waals surface area (Å²) in [4.78, 5) is 1.77. The van der Waals surface area contributed by atoms with Crippen LogP contribution >= 0.6 is 39.3 Å². The van der Waals surface area contributed by atoms with E-state index in [2.05, 4.69) is 21.2 Å². The Morgan fingerprint density at radius 1 is 1.15 bits per heavy atom. The molecule has 0 saturated carbocycles. The molecule has 0 spiro atoms. The molecular weight excluding hydrogens is 444 g/mol. The van der Waals surface area contributed by atoms with Crippen LogP contribution in [0.15, 0.2) is 80.8 Å². The SMILES string of the molecule is OC1C(F)=CC(Br)=CC1(F)NCc1ccccc1Sc1ccccc1Cl. The molecule has 2 aromatic carbocycles. The molecule has 2 atom stereocenters. The summed E-state index contributed by atoms with van der Waals surface area (Å²) in [6.45, 7) is 0.102. The van der Waals surface area contributed by atoms with Crippen molar-refractivity contribution in [1.82, 2.24) is 5.32 Å². The summed E-state index contributed by atoms with van der Waals surface area (Å²) in [5.74, 6) is -3.34. The van der Waals surface area contributed by atoms with E-state index < -0.39 is 17.7 Å². The Labute approximate surface area is 168 Å². The minimum absolute atomic E-state index is 0.102. The first-order valence-electron chi connectivity index (χ1n) is 7.77. The highest BCUT2D eigenvalue weighted by Gasteiger charge is 2.41. The number of aliphatic hydroxyl groups is 1. The molecule has 0 radical (unpaired) electrons. The van der Waals surface area contributed by atoms with Gasteiger partial charge in [0, 0.05) is 20.8 Å². The molecule has 2 nitrogen and oxygen atoms in total. The van der Waals surface area contributed by atoms with Crippen molar-refractivity contribution < 1.29 is 13.9 Å². The van der Waals surface area contributed by atoms with Gasteiger partial charge in [-0.15, -0.1) is 0 Å². The van der Waals surface area contributed by atoms with E-state index in [0.717, 1.165) is 27.5 Å². The van der Waals surface area contributed by atoms with Gasteiger partial charge in [0.1, 0.15) is 5.83 Å². The largest absolute Gasteiger partial charge is 0.381 e. The van der Waals surface area contributed by atoms with Crippen molar-refractivity contribution in [3.05, 3.63) is 81.6 Å². The van der Waals surface area contributed by atoms with E-state index in [9.17, 15) is 13.9 Å². The summed E-state index contributed by atoms with van der Waals surface area (Å²) in [5.41, 5.74) is 0.807. The molecule has 3 rings (SSSR count). The van der Waals surface area contributed by atoms with E-state index >= 15 is 0 Å². The number of benzene rings is 2. The molecule has 136 valence electrons. The first-order valence-corrected chi connectivity index (χ1v) is 9.75. The maximum Gasteiger partial charge on any atom is 0.214 e. The van der Waals surface area contributed by atoms with E-state index in [-0.39, 0.29) is 11.0 Å². The number of hydrogen-bond donors (Lipinski definition) is 2. The first kappa shape index (κ1) is 19.6. The highest BCUT2D eigenvalue weighted by Crippen LogP contribution is 2.36. The zero-order chi connectivity index (χ0) is 18.7. The zero-order valence-corrected chi connectivity index (χ0v) is 16.6. The van der Waals surface area contributed by atoms with Gasteiger partial charge in [-0.25, -0.2) is 8.78 Å². The lowest BCUT2D eigenvalue weighted by molar-refractivity contribution is 0.00812. The Morgan fingerprint density at radius 3 is 2.54 bits per heavy atom. The molecule has 0 aromatic heterocycles. The number of allylic oxidation sites excluding steroid dienone is 2. The maximum atomic E-state index is 15.0. The second-order valence-electron chi connectivity index (χ2n) is 5.72. The van der Waals surface area contributed by atoms with Crippen LogP contribution in [0.5, 0.6) is 0 Å². The summed E-state index contributed by atoms with van der Waals surface area (Å²) in [6, 6.07) is 14.9. The third kappa shape index (κ3) is 4.38. The molecule has 0 fully saturated rings. The fourth-order valence-corrected chi connectivity index (χ4v) is 4.28. The van der Waals surface area contributed by atoms with Crippen LogP contribution in [-0.4, -0.2) is 17.0 Å². The van der Waals surface area contributed by atoms with Crippen LogP contribution in [0, 0.1) is 0 Å². The number of halogens is 4. The fourth-order valence-electron chi connectivity index (χ4n) is 2.51. The average Bonchev–Trinajstić information content (AvgIpc) is 2.61.